The van der Waals surface area contributed by atoms with Crippen LogP contribution in [-0.4, -0.2) is 18.4 Å². The summed E-state index contributed by atoms with van der Waals surface area (Å²) in [7, 11) is -4.01. The molecule has 0 spiro atoms. The average Bonchev–Trinajstić information content (AvgIpc) is 2.38. The van der Waals surface area contributed by atoms with Crippen molar-refractivity contribution < 1.29 is 12.8 Å². The summed E-state index contributed by atoms with van der Waals surface area (Å²) in [5.74, 6) is -0.786. The van der Waals surface area contributed by atoms with Crippen molar-refractivity contribution in [2.45, 2.75) is 4.90 Å². The smallest absolute Gasteiger partial charge is 0.262 e. The van der Waals surface area contributed by atoms with Gasteiger partial charge in [-0.25, -0.2) is 12.8 Å². The molecule has 2 aromatic rings. The number of benzene rings is 1. The van der Waals surface area contributed by atoms with Gasteiger partial charge in [0, 0.05) is 6.20 Å². The second-order valence-electron chi connectivity index (χ2n) is 3.82. The van der Waals surface area contributed by atoms with Crippen molar-refractivity contribution in [1.82, 2.24) is 4.98 Å². The molecule has 0 bridgehead atoms. The van der Waals surface area contributed by atoms with E-state index in [4.69, 9.17) is 18.0 Å². The fraction of sp³-hybridized carbons (Fsp3) is 0. The maximum atomic E-state index is 13.7. The van der Waals surface area contributed by atoms with Crippen LogP contribution in [0.2, 0.25) is 0 Å². The molecular formula is C12H10FN3O2S2. The zero-order chi connectivity index (χ0) is 14.8. The molecular weight excluding hydrogens is 301 g/mol. The van der Waals surface area contributed by atoms with Gasteiger partial charge in [-0.1, -0.05) is 18.3 Å². The van der Waals surface area contributed by atoms with Gasteiger partial charge in [-0.2, -0.15) is 0 Å². The molecule has 0 aliphatic heterocycles. The maximum absolute atomic E-state index is 13.7. The van der Waals surface area contributed by atoms with Crippen molar-refractivity contribution in [1.29, 1.82) is 0 Å². The third kappa shape index (κ3) is 2.91. The molecule has 3 N–H and O–H groups in total. The van der Waals surface area contributed by atoms with Gasteiger partial charge in [0.2, 0.25) is 0 Å². The summed E-state index contributed by atoms with van der Waals surface area (Å²) in [5.41, 5.74) is 5.34. The summed E-state index contributed by atoms with van der Waals surface area (Å²) in [6, 6.07) is 6.69. The third-order valence-corrected chi connectivity index (χ3v) is 4.05. The van der Waals surface area contributed by atoms with Crippen LogP contribution in [0.5, 0.6) is 0 Å². The molecule has 0 atom stereocenters. The van der Waals surface area contributed by atoms with Crippen LogP contribution in [0.1, 0.15) is 5.56 Å². The Morgan fingerprint density at radius 1 is 1.30 bits per heavy atom. The maximum Gasteiger partial charge on any atom is 0.262 e. The van der Waals surface area contributed by atoms with Gasteiger partial charge < -0.3 is 5.73 Å². The molecule has 1 aromatic carbocycles. The summed E-state index contributed by atoms with van der Waals surface area (Å²) in [6.07, 6.45) is 2.83. The minimum atomic E-state index is -4.01. The van der Waals surface area contributed by atoms with Gasteiger partial charge >= 0.3 is 0 Å². The van der Waals surface area contributed by atoms with Gasteiger partial charge in [-0.05, 0) is 24.3 Å². The number of pyridine rings is 1. The lowest BCUT2D eigenvalue weighted by atomic mass is 10.2. The Morgan fingerprint density at radius 3 is 2.65 bits per heavy atom. The lowest BCUT2D eigenvalue weighted by Gasteiger charge is -2.11. The van der Waals surface area contributed by atoms with E-state index in [1.165, 1.54) is 30.6 Å². The minimum absolute atomic E-state index is 0.255. The average molecular weight is 311 g/mol. The summed E-state index contributed by atoms with van der Waals surface area (Å²) in [4.78, 5) is 3.15. The van der Waals surface area contributed by atoms with E-state index in [2.05, 4.69) is 9.71 Å². The number of sulfonamides is 1. The molecule has 1 heterocycles. The zero-order valence-corrected chi connectivity index (χ0v) is 11.7. The topological polar surface area (TPSA) is 85.1 Å². The van der Waals surface area contributed by atoms with Crippen LogP contribution >= 0.6 is 12.2 Å². The lowest BCUT2D eigenvalue weighted by molar-refractivity contribution is 0.594. The molecule has 20 heavy (non-hydrogen) atoms. The van der Waals surface area contributed by atoms with E-state index >= 15 is 0 Å². The Bertz CT molecular complexity index is 749. The number of anilines is 1. The number of hydrogen-bond donors (Lipinski definition) is 2. The highest BCUT2D eigenvalue weighted by molar-refractivity contribution is 7.93. The number of nitrogens with one attached hydrogen (secondary N) is 1. The van der Waals surface area contributed by atoms with Crippen LogP contribution in [-0.2, 0) is 10.0 Å². The standard InChI is InChI=1S/C12H10FN3O2S2/c13-9-4-1-5-10(11(9)12(14)19)20(17,18)16-8-3-2-6-15-7-8/h1-7,16H,(H2,14,19). The molecule has 0 saturated heterocycles. The SMILES string of the molecule is NC(=S)c1c(F)cccc1S(=O)(=O)Nc1cccnc1. The van der Waals surface area contributed by atoms with Crippen LogP contribution in [0.4, 0.5) is 10.1 Å². The van der Waals surface area contributed by atoms with Gasteiger partial charge in [-0.15, -0.1) is 0 Å². The second-order valence-corrected chi connectivity index (χ2v) is 5.92. The first-order valence-corrected chi connectivity index (χ1v) is 7.32. The van der Waals surface area contributed by atoms with Crippen molar-refractivity contribution >= 4 is 32.9 Å². The predicted octanol–water partition coefficient (Wildman–Crippen LogP) is 1.66. The lowest BCUT2D eigenvalue weighted by Crippen LogP contribution is -2.21. The Labute approximate surface area is 120 Å². The molecule has 2 rings (SSSR count). The Morgan fingerprint density at radius 2 is 2.05 bits per heavy atom. The first kappa shape index (κ1) is 14.4. The van der Waals surface area contributed by atoms with Crippen molar-refractivity contribution in [3.05, 3.63) is 54.1 Å². The molecule has 5 nitrogen and oxygen atoms in total. The van der Waals surface area contributed by atoms with E-state index in [0.717, 1.165) is 6.07 Å². The van der Waals surface area contributed by atoms with Gasteiger partial charge in [0.05, 0.1) is 17.4 Å². The molecule has 0 saturated carbocycles. The quantitative estimate of drug-likeness (QED) is 0.839. The third-order valence-electron chi connectivity index (χ3n) is 2.43. The number of nitrogens with two attached hydrogens (primary N) is 1. The summed E-state index contributed by atoms with van der Waals surface area (Å²) in [6.45, 7) is 0. The molecule has 1 aromatic heterocycles. The van der Waals surface area contributed by atoms with Crippen molar-refractivity contribution in [3.63, 3.8) is 0 Å². The normalized spacial score (nSPS) is 11.1. The number of aromatic nitrogens is 1. The number of nitrogens with zero attached hydrogens (tertiary/aromatic N) is 1. The summed E-state index contributed by atoms with van der Waals surface area (Å²) >= 11 is 4.70. The van der Waals surface area contributed by atoms with Gasteiger partial charge in [0.1, 0.15) is 15.7 Å². The fourth-order valence-electron chi connectivity index (χ4n) is 1.60. The number of hydrogen-bond acceptors (Lipinski definition) is 4. The van der Waals surface area contributed by atoms with Gasteiger partial charge in [0.15, 0.2) is 0 Å². The molecule has 0 fully saturated rings. The number of halogens is 1. The highest BCUT2D eigenvalue weighted by atomic mass is 32.2. The van der Waals surface area contributed by atoms with E-state index < -0.39 is 15.8 Å². The van der Waals surface area contributed by atoms with Crippen LogP contribution in [0.3, 0.4) is 0 Å². The zero-order valence-electron chi connectivity index (χ0n) is 10.1. The molecule has 0 radical (unpaired) electrons. The predicted molar refractivity (Wildman–Crippen MR) is 77.3 cm³/mol. The Kier molecular flexibility index (Phi) is 3.96. The van der Waals surface area contributed by atoms with Crippen molar-refractivity contribution in [2.75, 3.05) is 4.72 Å². The van der Waals surface area contributed by atoms with Gasteiger partial charge in [-0.3, -0.25) is 9.71 Å². The molecule has 0 aliphatic carbocycles. The first-order chi connectivity index (χ1) is 9.42. The highest BCUT2D eigenvalue weighted by Gasteiger charge is 2.22. The molecule has 0 unspecified atom stereocenters. The van der Waals surface area contributed by atoms with Crippen molar-refractivity contribution in [3.8, 4) is 0 Å². The van der Waals surface area contributed by atoms with E-state index in [9.17, 15) is 12.8 Å². The van der Waals surface area contributed by atoms with E-state index in [1.807, 2.05) is 0 Å². The largest absolute Gasteiger partial charge is 0.389 e. The van der Waals surface area contributed by atoms with Gasteiger partial charge in [0.25, 0.3) is 10.0 Å². The van der Waals surface area contributed by atoms with Crippen LogP contribution in [0, 0.1) is 5.82 Å². The Balaban J connectivity index is 2.50. The van der Waals surface area contributed by atoms with Crippen LogP contribution in [0.25, 0.3) is 0 Å². The molecule has 0 aliphatic rings. The minimum Gasteiger partial charge on any atom is -0.389 e. The van der Waals surface area contributed by atoms with Crippen LogP contribution < -0.4 is 10.5 Å². The second kappa shape index (κ2) is 5.51. The summed E-state index contributed by atoms with van der Waals surface area (Å²) in [5, 5.41) is 0. The molecule has 8 heteroatoms. The Hall–Kier alpha value is -2.06. The van der Waals surface area contributed by atoms with E-state index in [1.54, 1.807) is 6.07 Å². The number of thiocarbonyl (C=S) groups is 1. The van der Waals surface area contributed by atoms with Crippen molar-refractivity contribution in [2.24, 2.45) is 5.73 Å². The summed E-state index contributed by atoms with van der Waals surface area (Å²) < 4.78 is 40.5. The first-order valence-electron chi connectivity index (χ1n) is 5.43. The van der Waals surface area contributed by atoms with E-state index in [-0.39, 0.29) is 21.1 Å². The molecule has 104 valence electrons. The monoisotopic (exact) mass is 311 g/mol. The van der Waals surface area contributed by atoms with Crippen LogP contribution in [0.15, 0.2) is 47.6 Å². The van der Waals surface area contributed by atoms with E-state index in [0.29, 0.717) is 0 Å². The highest BCUT2D eigenvalue weighted by Crippen LogP contribution is 2.21. The fourth-order valence-corrected chi connectivity index (χ4v) is 3.15. The number of rotatable bonds is 4. The molecule has 0 amide bonds.